The standard InChI is InChI=1S/C26H28N4O3S/c1-33-23-10-8-21(9-11-23)26-28-22(19-34-26)18-29-13-15-30(16-14-29)25(32)17-27-24(31)12-7-20-5-3-2-4-6-20/h2-12,19H,13-18H2,1H3,(H,27,31)/b12-7+. The van der Waals surface area contributed by atoms with Crippen LogP contribution in [0, 0.1) is 0 Å². The van der Waals surface area contributed by atoms with Crippen molar-refractivity contribution in [2.75, 3.05) is 39.8 Å². The highest BCUT2D eigenvalue weighted by molar-refractivity contribution is 7.13. The number of ether oxygens (including phenoxy) is 1. The average molecular weight is 477 g/mol. The van der Waals surface area contributed by atoms with Gasteiger partial charge >= 0.3 is 0 Å². The molecule has 0 bridgehead atoms. The minimum Gasteiger partial charge on any atom is -0.497 e. The van der Waals surface area contributed by atoms with Gasteiger partial charge in [0.1, 0.15) is 10.8 Å². The molecule has 0 spiro atoms. The molecule has 34 heavy (non-hydrogen) atoms. The molecule has 8 heteroatoms. The summed E-state index contributed by atoms with van der Waals surface area (Å²) in [6.45, 7) is 3.62. The molecule has 1 N–H and O–H groups in total. The minimum absolute atomic E-state index is 0.00920. The third-order valence-electron chi connectivity index (χ3n) is 5.64. The van der Waals surface area contributed by atoms with Crippen molar-refractivity contribution >= 4 is 29.2 Å². The summed E-state index contributed by atoms with van der Waals surface area (Å²) in [5.74, 6) is 0.500. The van der Waals surface area contributed by atoms with E-state index in [0.717, 1.165) is 47.2 Å². The van der Waals surface area contributed by atoms with Crippen molar-refractivity contribution in [2.24, 2.45) is 0 Å². The molecule has 2 amide bonds. The zero-order valence-corrected chi connectivity index (χ0v) is 20.0. The number of aromatic nitrogens is 1. The maximum Gasteiger partial charge on any atom is 0.244 e. The molecule has 1 aliphatic rings. The summed E-state index contributed by atoms with van der Waals surface area (Å²) in [6.07, 6.45) is 3.19. The van der Waals surface area contributed by atoms with E-state index in [4.69, 9.17) is 9.72 Å². The lowest BCUT2D eigenvalue weighted by Crippen LogP contribution is -2.50. The van der Waals surface area contributed by atoms with Gasteiger partial charge in [0.05, 0.1) is 19.3 Å². The van der Waals surface area contributed by atoms with Crippen molar-refractivity contribution in [3.8, 4) is 16.3 Å². The molecule has 1 fully saturated rings. The zero-order valence-electron chi connectivity index (χ0n) is 19.1. The fourth-order valence-corrected chi connectivity index (χ4v) is 4.52. The van der Waals surface area contributed by atoms with Crippen LogP contribution in [-0.4, -0.2) is 66.4 Å². The summed E-state index contributed by atoms with van der Waals surface area (Å²) < 4.78 is 5.22. The van der Waals surface area contributed by atoms with E-state index in [2.05, 4.69) is 15.6 Å². The number of nitrogens with one attached hydrogen (secondary N) is 1. The van der Waals surface area contributed by atoms with Crippen molar-refractivity contribution in [1.82, 2.24) is 20.1 Å². The first-order valence-corrected chi connectivity index (χ1v) is 12.1. The van der Waals surface area contributed by atoms with Gasteiger partial charge in [-0.3, -0.25) is 14.5 Å². The number of piperazine rings is 1. The maximum atomic E-state index is 12.5. The number of carbonyl (C=O) groups excluding carboxylic acids is 2. The summed E-state index contributed by atoms with van der Waals surface area (Å²) in [7, 11) is 1.66. The van der Waals surface area contributed by atoms with Gasteiger partial charge < -0.3 is 15.0 Å². The molecule has 2 heterocycles. The van der Waals surface area contributed by atoms with E-state index in [9.17, 15) is 9.59 Å². The number of thiazole rings is 1. The minimum atomic E-state index is -0.271. The van der Waals surface area contributed by atoms with E-state index in [-0.39, 0.29) is 18.4 Å². The summed E-state index contributed by atoms with van der Waals surface area (Å²) in [6, 6.07) is 17.5. The highest BCUT2D eigenvalue weighted by atomic mass is 32.1. The fourth-order valence-electron chi connectivity index (χ4n) is 3.70. The monoisotopic (exact) mass is 476 g/mol. The molecule has 7 nitrogen and oxygen atoms in total. The lowest BCUT2D eigenvalue weighted by Gasteiger charge is -2.34. The molecule has 4 rings (SSSR count). The number of hydrogen-bond acceptors (Lipinski definition) is 6. The molecule has 0 atom stereocenters. The van der Waals surface area contributed by atoms with Crippen LogP contribution in [0.5, 0.6) is 5.75 Å². The van der Waals surface area contributed by atoms with Crippen LogP contribution in [0.4, 0.5) is 0 Å². The van der Waals surface area contributed by atoms with Gasteiger partial charge in [-0.15, -0.1) is 11.3 Å². The molecule has 2 aromatic carbocycles. The van der Waals surface area contributed by atoms with Crippen LogP contribution in [0.15, 0.2) is 66.1 Å². The van der Waals surface area contributed by atoms with Crippen LogP contribution < -0.4 is 10.1 Å². The van der Waals surface area contributed by atoms with E-state index in [1.165, 1.54) is 6.08 Å². The Hall–Kier alpha value is -3.49. The average Bonchev–Trinajstić information content (AvgIpc) is 3.35. The molecule has 1 saturated heterocycles. The Balaban J connectivity index is 1.19. The van der Waals surface area contributed by atoms with E-state index in [0.29, 0.717) is 13.1 Å². The van der Waals surface area contributed by atoms with Gasteiger partial charge in [0.2, 0.25) is 11.8 Å². The normalized spacial score (nSPS) is 14.3. The molecule has 0 unspecified atom stereocenters. The van der Waals surface area contributed by atoms with Crippen LogP contribution in [-0.2, 0) is 16.1 Å². The van der Waals surface area contributed by atoms with Crippen molar-refractivity contribution in [3.05, 3.63) is 77.3 Å². The SMILES string of the molecule is COc1ccc(-c2nc(CN3CCN(C(=O)CNC(=O)/C=C/c4ccccc4)CC3)cs2)cc1. The van der Waals surface area contributed by atoms with Crippen LogP contribution >= 0.6 is 11.3 Å². The van der Waals surface area contributed by atoms with Crippen molar-refractivity contribution in [2.45, 2.75) is 6.54 Å². The number of benzene rings is 2. The number of nitrogens with zero attached hydrogens (tertiary/aromatic N) is 3. The van der Waals surface area contributed by atoms with Crippen molar-refractivity contribution < 1.29 is 14.3 Å². The second kappa shape index (κ2) is 11.6. The molecule has 0 aliphatic carbocycles. The van der Waals surface area contributed by atoms with Crippen LogP contribution in [0.2, 0.25) is 0 Å². The van der Waals surface area contributed by atoms with Crippen molar-refractivity contribution in [3.63, 3.8) is 0 Å². The molecule has 1 aromatic heterocycles. The van der Waals surface area contributed by atoms with Gasteiger partial charge in [0, 0.05) is 49.7 Å². The number of hydrogen-bond donors (Lipinski definition) is 1. The molecular weight excluding hydrogens is 448 g/mol. The number of carbonyl (C=O) groups is 2. The van der Waals surface area contributed by atoms with E-state index in [1.54, 1.807) is 24.5 Å². The largest absolute Gasteiger partial charge is 0.497 e. The molecule has 176 valence electrons. The van der Waals surface area contributed by atoms with Gasteiger partial charge in [0.25, 0.3) is 0 Å². The summed E-state index contributed by atoms with van der Waals surface area (Å²) >= 11 is 1.63. The smallest absolute Gasteiger partial charge is 0.244 e. The Labute approximate surface area is 203 Å². The Morgan fingerprint density at radius 1 is 1.06 bits per heavy atom. The van der Waals surface area contributed by atoms with E-state index < -0.39 is 0 Å². The number of methoxy groups -OCH3 is 1. The summed E-state index contributed by atoms with van der Waals surface area (Å²) in [5.41, 5.74) is 3.05. The topological polar surface area (TPSA) is 74.8 Å². The van der Waals surface area contributed by atoms with E-state index >= 15 is 0 Å². The number of rotatable bonds is 8. The number of amides is 2. The van der Waals surface area contributed by atoms with Crippen LogP contribution in [0.25, 0.3) is 16.6 Å². The molecule has 1 aliphatic heterocycles. The van der Waals surface area contributed by atoms with E-state index in [1.807, 2.05) is 59.5 Å². The molecule has 0 saturated carbocycles. The molecular formula is C26H28N4O3S. The third-order valence-corrected chi connectivity index (χ3v) is 6.58. The highest BCUT2D eigenvalue weighted by Crippen LogP contribution is 2.26. The Kier molecular flexibility index (Phi) is 8.06. The summed E-state index contributed by atoms with van der Waals surface area (Å²) in [5, 5.41) is 5.76. The Morgan fingerprint density at radius 2 is 1.79 bits per heavy atom. The van der Waals surface area contributed by atoms with Gasteiger partial charge in [-0.25, -0.2) is 4.98 Å². The Bertz CT molecular complexity index is 1120. The quantitative estimate of drug-likeness (QED) is 0.505. The molecule has 3 aromatic rings. The van der Waals surface area contributed by atoms with Crippen molar-refractivity contribution in [1.29, 1.82) is 0 Å². The van der Waals surface area contributed by atoms with Gasteiger partial charge in [-0.05, 0) is 35.9 Å². The fraction of sp³-hybridized carbons (Fsp3) is 0.269. The first-order valence-electron chi connectivity index (χ1n) is 11.2. The highest BCUT2D eigenvalue weighted by Gasteiger charge is 2.21. The van der Waals surface area contributed by atoms with Crippen LogP contribution in [0.1, 0.15) is 11.3 Å². The first kappa shape index (κ1) is 23.7. The lowest BCUT2D eigenvalue weighted by atomic mass is 10.2. The van der Waals surface area contributed by atoms with Gasteiger partial charge in [0.15, 0.2) is 0 Å². The van der Waals surface area contributed by atoms with Gasteiger partial charge in [-0.2, -0.15) is 0 Å². The lowest BCUT2D eigenvalue weighted by molar-refractivity contribution is -0.133. The zero-order chi connectivity index (χ0) is 23.8. The predicted octanol–water partition coefficient (Wildman–Crippen LogP) is 3.29. The summed E-state index contributed by atoms with van der Waals surface area (Å²) in [4.78, 5) is 33.4. The Morgan fingerprint density at radius 3 is 2.50 bits per heavy atom. The first-order chi connectivity index (χ1) is 16.6. The molecule has 0 radical (unpaired) electrons. The van der Waals surface area contributed by atoms with Crippen LogP contribution in [0.3, 0.4) is 0 Å². The predicted molar refractivity (Wildman–Crippen MR) is 134 cm³/mol. The third kappa shape index (κ3) is 6.52. The maximum absolute atomic E-state index is 12.5. The second-order valence-electron chi connectivity index (χ2n) is 7.99. The van der Waals surface area contributed by atoms with Gasteiger partial charge in [-0.1, -0.05) is 30.3 Å². The second-order valence-corrected chi connectivity index (χ2v) is 8.85.